The molecule has 1 aliphatic heterocycles. The molecule has 0 aromatic heterocycles. The molecule has 1 heterocycles. The van der Waals surface area contributed by atoms with E-state index in [9.17, 15) is 13.2 Å². The lowest BCUT2D eigenvalue weighted by atomic mass is 9.97. The van der Waals surface area contributed by atoms with Crippen LogP contribution in [0.2, 0.25) is 10.0 Å². The van der Waals surface area contributed by atoms with Crippen molar-refractivity contribution in [2.75, 3.05) is 27.2 Å². The molecule has 0 N–H and O–H groups in total. The van der Waals surface area contributed by atoms with Crippen molar-refractivity contribution in [3.63, 3.8) is 0 Å². The third kappa shape index (κ3) is 3.80. The van der Waals surface area contributed by atoms with Crippen molar-refractivity contribution in [1.82, 2.24) is 9.37 Å². The number of halogens is 2. The molecule has 1 aliphatic rings. The summed E-state index contributed by atoms with van der Waals surface area (Å²) in [7, 11) is -0.835. The Labute approximate surface area is 145 Å². The van der Waals surface area contributed by atoms with Gasteiger partial charge in [0.25, 0.3) is 0 Å². The number of benzene rings is 1. The highest BCUT2D eigenvalue weighted by Gasteiger charge is 2.35. The number of carbonyl (C=O) groups is 1. The van der Waals surface area contributed by atoms with Gasteiger partial charge in [-0.1, -0.05) is 29.3 Å². The van der Waals surface area contributed by atoms with E-state index in [0.29, 0.717) is 12.8 Å². The van der Waals surface area contributed by atoms with E-state index < -0.39 is 10.0 Å². The third-order valence-corrected chi connectivity index (χ3v) is 6.76. The summed E-state index contributed by atoms with van der Waals surface area (Å²) < 4.78 is 26.8. The molecule has 0 unspecified atom stereocenters. The summed E-state index contributed by atoms with van der Waals surface area (Å²) in [5.41, 5.74) is 0. The van der Waals surface area contributed by atoms with Crippen LogP contribution >= 0.6 is 23.2 Å². The fraction of sp³-hybridized carbons (Fsp3) is 0.500. The van der Waals surface area contributed by atoms with Gasteiger partial charge >= 0.3 is 0 Å². The van der Waals surface area contributed by atoms with Gasteiger partial charge in [-0.2, -0.15) is 4.31 Å². The normalized spacial score (nSPS) is 17.2. The molecule has 23 heavy (non-hydrogen) atoms. The average Bonchev–Trinajstić information content (AvgIpc) is 2.53. The summed E-state index contributed by atoms with van der Waals surface area (Å²) in [5.74, 6) is -0.409. The molecule has 0 radical (unpaired) electrons. The fourth-order valence-corrected chi connectivity index (χ4v) is 5.11. The number of hydrogen-bond acceptors (Lipinski definition) is 4. The topological polar surface area (TPSA) is 66.9 Å². The van der Waals surface area contributed by atoms with Gasteiger partial charge in [-0.15, -0.1) is 0 Å². The van der Waals surface area contributed by atoms with Crippen LogP contribution < -0.4 is 0 Å². The van der Waals surface area contributed by atoms with Gasteiger partial charge in [0.1, 0.15) is 4.90 Å². The van der Waals surface area contributed by atoms with Crippen LogP contribution in [0.25, 0.3) is 0 Å². The molecule has 0 aliphatic carbocycles. The first-order chi connectivity index (χ1) is 10.8. The molecule has 1 aromatic carbocycles. The van der Waals surface area contributed by atoms with Crippen molar-refractivity contribution in [1.29, 1.82) is 0 Å². The zero-order valence-electron chi connectivity index (χ0n) is 12.8. The number of amides is 1. The maximum absolute atomic E-state index is 12.7. The minimum Gasteiger partial charge on any atom is -0.275 e. The maximum Gasteiger partial charge on any atom is 0.249 e. The average molecular weight is 381 g/mol. The van der Waals surface area contributed by atoms with E-state index in [1.807, 2.05) is 0 Å². The van der Waals surface area contributed by atoms with E-state index in [4.69, 9.17) is 28.0 Å². The zero-order valence-corrected chi connectivity index (χ0v) is 15.2. The molecular formula is C14H18Cl2N2O4S. The second-order valence-electron chi connectivity index (χ2n) is 5.25. The number of hydrogen-bond donors (Lipinski definition) is 0. The largest absolute Gasteiger partial charge is 0.275 e. The summed E-state index contributed by atoms with van der Waals surface area (Å²) in [6.45, 7) is 0.468. The minimum absolute atomic E-state index is 0.0814. The summed E-state index contributed by atoms with van der Waals surface area (Å²) in [6, 6.07) is 4.57. The highest BCUT2D eigenvalue weighted by Crippen LogP contribution is 2.33. The van der Waals surface area contributed by atoms with Gasteiger partial charge in [-0.25, -0.2) is 13.5 Å². The second-order valence-corrected chi connectivity index (χ2v) is 7.94. The van der Waals surface area contributed by atoms with E-state index in [2.05, 4.69) is 0 Å². The molecule has 0 saturated carbocycles. The summed E-state index contributed by atoms with van der Waals surface area (Å²) in [4.78, 5) is 16.9. The van der Waals surface area contributed by atoms with Gasteiger partial charge in [-0.05, 0) is 25.0 Å². The molecule has 9 heteroatoms. The summed E-state index contributed by atoms with van der Waals surface area (Å²) >= 11 is 12.0. The fourth-order valence-electron chi connectivity index (χ4n) is 2.55. The van der Waals surface area contributed by atoms with Crippen LogP contribution in [0.3, 0.4) is 0 Å². The van der Waals surface area contributed by atoms with Crippen LogP contribution in [0.4, 0.5) is 0 Å². The first-order valence-electron chi connectivity index (χ1n) is 7.05. The van der Waals surface area contributed by atoms with Crippen molar-refractivity contribution in [3.05, 3.63) is 28.2 Å². The summed E-state index contributed by atoms with van der Waals surface area (Å²) in [6.07, 6.45) is 0.849. The summed E-state index contributed by atoms with van der Waals surface area (Å²) in [5, 5.41) is 1.35. The predicted octanol–water partition coefficient (Wildman–Crippen LogP) is 2.41. The van der Waals surface area contributed by atoms with E-state index >= 15 is 0 Å². The lowest BCUT2D eigenvalue weighted by molar-refractivity contribution is -0.174. The first-order valence-corrected chi connectivity index (χ1v) is 9.24. The van der Waals surface area contributed by atoms with Gasteiger partial charge < -0.3 is 0 Å². The van der Waals surface area contributed by atoms with Gasteiger partial charge in [0, 0.05) is 26.1 Å². The minimum atomic E-state index is -3.79. The Balaban J connectivity index is 2.15. The molecule has 1 amide bonds. The standard InChI is InChI=1S/C14H18Cl2N2O4S/c1-17(22-2)14(19)10-6-8-18(9-7-10)23(20,21)13-11(15)4-3-5-12(13)16/h3-5,10H,6-9H2,1-2H3. The maximum atomic E-state index is 12.7. The molecule has 0 bridgehead atoms. The monoisotopic (exact) mass is 380 g/mol. The molecule has 1 saturated heterocycles. The van der Waals surface area contributed by atoms with E-state index in [1.165, 1.54) is 35.7 Å². The highest BCUT2D eigenvalue weighted by atomic mass is 35.5. The molecule has 1 aromatic rings. The smallest absolute Gasteiger partial charge is 0.249 e. The number of rotatable bonds is 4. The van der Waals surface area contributed by atoms with Crippen LogP contribution in [0.1, 0.15) is 12.8 Å². The van der Waals surface area contributed by atoms with Gasteiger partial charge in [0.15, 0.2) is 0 Å². The Morgan fingerprint density at radius 1 is 1.26 bits per heavy atom. The first kappa shape index (κ1) is 18.5. The van der Waals surface area contributed by atoms with Crippen molar-refractivity contribution >= 4 is 39.1 Å². The third-order valence-electron chi connectivity index (χ3n) is 3.90. The zero-order chi connectivity index (χ0) is 17.2. The predicted molar refractivity (Wildman–Crippen MR) is 87.7 cm³/mol. The quantitative estimate of drug-likeness (QED) is 0.752. The van der Waals surface area contributed by atoms with Crippen LogP contribution in [0.15, 0.2) is 23.1 Å². The molecule has 6 nitrogen and oxygen atoms in total. The van der Waals surface area contributed by atoms with Crippen LogP contribution in [0.5, 0.6) is 0 Å². The van der Waals surface area contributed by atoms with Crippen LogP contribution in [-0.2, 0) is 19.7 Å². The number of hydroxylamine groups is 2. The molecule has 1 fully saturated rings. The van der Waals surface area contributed by atoms with Crippen molar-refractivity contribution in [2.24, 2.45) is 5.92 Å². The van der Waals surface area contributed by atoms with Crippen LogP contribution in [-0.4, -0.2) is 50.9 Å². The molecule has 2 rings (SSSR count). The Kier molecular flexibility index (Phi) is 5.91. The lowest BCUT2D eigenvalue weighted by Gasteiger charge is -2.32. The number of sulfonamides is 1. The molecular weight excluding hydrogens is 363 g/mol. The van der Waals surface area contributed by atoms with E-state index in [1.54, 1.807) is 6.07 Å². The molecule has 0 atom stereocenters. The lowest BCUT2D eigenvalue weighted by Crippen LogP contribution is -2.43. The Morgan fingerprint density at radius 2 is 1.78 bits per heavy atom. The van der Waals surface area contributed by atoms with Crippen molar-refractivity contribution in [2.45, 2.75) is 17.7 Å². The van der Waals surface area contributed by atoms with Gasteiger partial charge in [0.05, 0.1) is 17.2 Å². The van der Waals surface area contributed by atoms with Crippen molar-refractivity contribution < 1.29 is 18.0 Å². The Hall–Kier alpha value is -0.860. The Bertz CT molecular complexity index is 668. The second kappa shape index (κ2) is 7.36. The van der Waals surface area contributed by atoms with Gasteiger partial charge in [0.2, 0.25) is 15.9 Å². The SMILES string of the molecule is CON(C)C(=O)C1CCN(S(=O)(=O)c2c(Cl)cccc2Cl)CC1. The van der Waals surface area contributed by atoms with Crippen LogP contribution in [0, 0.1) is 5.92 Å². The van der Waals surface area contributed by atoms with Crippen molar-refractivity contribution in [3.8, 4) is 0 Å². The number of carbonyl (C=O) groups excluding carboxylic acids is 1. The number of piperidine rings is 1. The van der Waals surface area contributed by atoms with E-state index in [-0.39, 0.29) is 39.9 Å². The molecule has 0 spiro atoms. The van der Waals surface area contributed by atoms with E-state index in [0.717, 1.165) is 0 Å². The highest BCUT2D eigenvalue weighted by molar-refractivity contribution is 7.89. The van der Waals surface area contributed by atoms with Gasteiger partial charge in [-0.3, -0.25) is 9.63 Å². The molecule has 128 valence electrons. The number of nitrogens with zero attached hydrogens (tertiary/aromatic N) is 2. The Morgan fingerprint density at radius 3 is 2.26 bits per heavy atom.